The number of hydrogen-bond donors (Lipinski definition) is 0. The summed E-state index contributed by atoms with van der Waals surface area (Å²) in [4.78, 5) is 3.98. The SMILES string of the molecule is C=C.Clc1ccc(CCn2ccnc2)c(Cl)c1. The van der Waals surface area contributed by atoms with Crippen LogP contribution < -0.4 is 0 Å². The molecule has 0 bridgehead atoms. The van der Waals surface area contributed by atoms with E-state index in [0.29, 0.717) is 5.02 Å². The lowest BCUT2D eigenvalue weighted by Crippen LogP contribution is -1.98. The molecule has 4 heteroatoms. The molecular weight excluding hydrogens is 255 g/mol. The van der Waals surface area contributed by atoms with Gasteiger partial charge in [-0.1, -0.05) is 29.3 Å². The van der Waals surface area contributed by atoms with Crippen LogP contribution in [0, 0.1) is 0 Å². The minimum absolute atomic E-state index is 0.673. The van der Waals surface area contributed by atoms with Crippen molar-refractivity contribution in [3.05, 3.63) is 65.7 Å². The molecule has 1 heterocycles. The fourth-order valence-electron chi connectivity index (χ4n) is 1.39. The van der Waals surface area contributed by atoms with E-state index in [0.717, 1.165) is 23.6 Å². The zero-order chi connectivity index (χ0) is 12.7. The highest BCUT2D eigenvalue weighted by molar-refractivity contribution is 6.35. The number of rotatable bonds is 3. The molecule has 0 aliphatic carbocycles. The topological polar surface area (TPSA) is 17.8 Å². The molecule has 90 valence electrons. The normalized spacial score (nSPS) is 9.53. The summed E-state index contributed by atoms with van der Waals surface area (Å²) in [6.07, 6.45) is 6.38. The average Bonchev–Trinajstić information content (AvgIpc) is 2.84. The molecule has 1 aromatic carbocycles. The zero-order valence-electron chi connectivity index (χ0n) is 9.44. The number of hydrogen-bond acceptors (Lipinski definition) is 1. The van der Waals surface area contributed by atoms with E-state index in [2.05, 4.69) is 18.1 Å². The van der Waals surface area contributed by atoms with Gasteiger partial charge in [-0.05, 0) is 24.1 Å². The summed E-state index contributed by atoms with van der Waals surface area (Å²) in [5.41, 5.74) is 1.11. The van der Waals surface area contributed by atoms with Gasteiger partial charge in [0.15, 0.2) is 0 Å². The van der Waals surface area contributed by atoms with Crippen molar-refractivity contribution < 1.29 is 0 Å². The molecule has 0 saturated carbocycles. The van der Waals surface area contributed by atoms with Gasteiger partial charge in [0.05, 0.1) is 6.33 Å². The number of nitrogens with zero attached hydrogens (tertiary/aromatic N) is 2. The molecule has 0 N–H and O–H groups in total. The molecule has 2 nitrogen and oxygen atoms in total. The Morgan fingerprint density at radius 3 is 2.59 bits per heavy atom. The molecule has 17 heavy (non-hydrogen) atoms. The summed E-state index contributed by atoms with van der Waals surface area (Å²) >= 11 is 11.9. The summed E-state index contributed by atoms with van der Waals surface area (Å²) in [6, 6.07) is 5.59. The summed E-state index contributed by atoms with van der Waals surface area (Å²) in [5, 5.41) is 1.40. The van der Waals surface area contributed by atoms with Crippen LogP contribution in [0.4, 0.5) is 0 Å². The van der Waals surface area contributed by atoms with Crippen molar-refractivity contribution in [3.8, 4) is 0 Å². The van der Waals surface area contributed by atoms with Crippen LogP contribution in [-0.4, -0.2) is 9.55 Å². The third-order valence-electron chi connectivity index (χ3n) is 2.21. The highest BCUT2D eigenvalue weighted by Crippen LogP contribution is 2.21. The highest BCUT2D eigenvalue weighted by Gasteiger charge is 2.01. The molecule has 0 radical (unpaired) electrons. The Morgan fingerprint density at radius 2 is 2.00 bits per heavy atom. The summed E-state index contributed by atoms with van der Waals surface area (Å²) in [7, 11) is 0. The number of benzene rings is 1. The van der Waals surface area contributed by atoms with Gasteiger partial charge in [-0.3, -0.25) is 0 Å². The fraction of sp³-hybridized carbons (Fsp3) is 0.154. The van der Waals surface area contributed by atoms with Crippen LogP contribution in [0.2, 0.25) is 10.0 Å². The van der Waals surface area contributed by atoms with E-state index in [9.17, 15) is 0 Å². The predicted molar refractivity (Wildman–Crippen MR) is 73.6 cm³/mol. The standard InChI is InChI=1S/C11H10Cl2N2.C2H4/c12-10-2-1-9(11(13)7-10)3-5-15-6-4-14-8-15;1-2/h1-2,4,6-8H,3,5H2;1-2H2. The van der Waals surface area contributed by atoms with Crippen molar-refractivity contribution in [1.29, 1.82) is 0 Å². The molecular formula is C13H14Cl2N2. The Kier molecular flexibility index (Phi) is 5.81. The summed E-state index contributed by atoms with van der Waals surface area (Å²) in [5.74, 6) is 0. The van der Waals surface area contributed by atoms with Crippen LogP contribution in [0.25, 0.3) is 0 Å². The Hall–Kier alpha value is -1.25. The van der Waals surface area contributed by atoms with Gasteiger partial charge in [0.25, 0.3) is 0 Å². The maximum atomic E-state index is 6.06. The number of halogens is 2. The van der Waals surface area contributed by atoms with Gasteiger partial charge in [-0.2, -0.15) is 0 Å². The van der Waals surface area contributed by atoms with Crippen molar-refractivity contribution in [2.45, 2.75) is 13.0 Å². The second-order valence-electron chi connectivity index (χ2n) is 3.29. The lowest BCUT2D eigenvalue weighted by atomic mass is 10.1. The first-order valence-electron chi connectivity index (χ1n) is 5.15. The minimum atomic E-state index is 0.673. The van der Waals surface area contributed by atoms with E-state index < -0.39 is 0 Å². The van der Waals surface area contributed by atoms with Crippen molar-refractivity contribution in [2.24, 2.45) is 0 Å². The Balaban J connectivity index is 0.000000686. The van der Waals surface area contributed by atoms with Gasteiger partial charge in [-0.25, -0.2) is 4.98 Å². The fourth-order valence-corrected chi connectivity index (χ4v) is 1.90. The second-order valence-corrected chi connectivity index (χ2v) is 4.13. The minimum Gasteiger partial charge on any atom is -0.337 e. The zero-order valence-corrected chi connectivity index (χ0v) is 11.0. The Labute approximate surface area is 112 Å². The molecule has 0 aliphatic rings. The van der Waals surface area contributed by atoms with Gasteiger partial charge in [0.2, 0.25) is 0 Å². The van der Waals surface area contributed by atoms with E-state index in [1.54, 1.807) is 18.6 Å². The summed E-state index contributed by atoms with van der Waals surface area (Å²) < 4.78 is 2.02. The Bertz CT molecular complexity index is 452. The van der Waals surface area contributed by atoms with Gasteiger partial charge in [0.1, 0.15) is 0 Å². The second kappa shape index (κ2) is 7.15. The number of aryl methyl sites for hydroxylation is 2. The predicted octanol–water partition coefficient (Wildman–Crippen LogP) is 4.23. The molecule has 0 aliphatic heterocycles. The molecule has 0 amide bonds. The van der Waals surface area contributed by atoms with Gasteiger partial charge in [-0.15, -0.1) is 13.2 Å². The molecule has 0 saturated heterocycles. The average molecular weight is 269 g/mol. The molecule has 0 unspecified atom stereocenters. The molecule has 0 fully saturated rings. The number of imidazole rings is 1. The lowest BCUT2D eigenvalue weighted by molar-refractivity contribution is 0.696. The first-order chi connectivity index (χ1) is 8.25. The first kappa shape index (κ1) is 13.8. The maximum absolute atomic E-state index is 6.06. The quantitative estimate of drug-likeness (QED) is 0.762. The van der Waals surface area contributed by atoms with Crippen LogP contribution in [0.3, 0.4) is 0 Å². The van der Waals surface area contributed by atoms with Gasteiger partial charge in [0, 0.05) is 29.0 Å². The molecule has 2 aromatic rings. The van der Waals surface area contributed by atoms with Crippen molar-refractivity contribution in [1.82, 2.24) is 9.55 Å². The summed E-state index contributed by atoms with van der Waals surface area (Å²) in [6.45, 7) is 6.88. The maximum Gasteiger partial charge on any atom is 0.0946 e. The lowest BCUT2D eigenvalue weighted by Gasteiger charge is -2.05. The molecule has 0 spiro atoms. The van der Waals surface area contributed by atoms with Crippen LogP contribution in [-0.2, 0) is 13.0 Å². The third-order valence-corrected chi connectivity index (χ3v) is 2.80. The molecule has 2 rings (SSSR count). The smallest absolute Gasteiger partial charge is 0.0946 e. The molecule has 1 aromatic heterocycles. The first-order valence-corrected chi connectivity index (χ1v) is 5.91. The van der Waals surface area contributed by atoms with Crippen LogP contribution >= 0.6 is 23.2 Å². The number of aromatic nitrogens is 2. The van der Waals surface area contributed by atoms with E-state index in [4.69, 9.17) is 23.2 Å². The van der Waals surface area contributed by atoms with Crippen molar-refractivity contribution >= 4 is 23.2 Å². The van der Waals surface area contributed by atoms with Crippen molar-refractivity contribution in [3.63, 3.8) is 0 Å². The van der Waals surface area contributed by atoms with E-state index in [-0.39, 0.29) is 0 Å². The van der Waals surface area contributed by atoms with Crippen LogP contribution in [0.1, 0.15) is 5.56 Å². The largest absolute Gasteiger partial charge is 0.337 e. The van der Waals surface area contributed by atoms with E-state index >= 15 is 0 Å². The van der Waals surface area contributed by atoms with Gasteiger partial charge < -0.3 is 4.57 Å². The molecule has 0 atom stereocenters. The van der Waals surface area contributed by atoms with Gasteiger partial charge >= 0.3 is 0 Å². The van der Waals surface area contributed by atoms with E-state index in [1.807, 2.05) is 22.9 Å². The monoisotopic (exact) mass is 268 g/mol. The van der Waals surface area contributed by atoms with Crippen LogP contribution in [0.5, 0.6) is 0 Å². The Morgan fingerprint density at radius 1 is 1.24 bits per heavy atom. The highest BCUT2D eigenvalue weighted by atomic mass is 35.5. The van der Waals surface area contributed by atoms with Crippen LogP contribution in [0.15, 0.2) is 50.1 Å². The third kappa shape index (κ3) is 4.25. The van der Waals surface area contributed by atoms with Crippen molar-refractivity contribution in [2.75, 3.05) is 0 Å². The van der Waals surface area contributed by atoms with E-state index in [1.165, 1.54) is 0 Å².